The van der Waals surface area contributed by atoms with Gasteiger partial charge in [-0.3, -0.25) is 4.98 Å². The average molecular weight is 289 g/mol. The molecular weight excluding hydrogens is 273 g/mol. The Bertz CT molecular complexity index is 601. The first-order valence-electron chi connectivity index (χ1n) is 6.27. The van der Waals surface area contributed by atoms with Gasteiger partial charge in [0.1, 0.15) is 10.8 Å². The Morgan fingerprint density at radius 1 is 1.30 bits per heavy atom. The van der Waals surface area contributed by atoms with Gasteiger partial charge in [-0.25, -0.2) is 4.39 Å². The number of rotatable bonds is 5. The van der Waals surface area contributed by atoms with Gasteiger partial charge in [0.2, 0.25) is 0 Å². The molecule has 0 bridgehead atoms. The standard InChI is InChI=1S/C15H16FN3S/c1-19(9-6-11-4-7-18-8-5-11)14-3-2-12(15(17)20)10-13(14)16/h2-5,7-8,10H,6,9H2,1H3,(H2,17,20). The highest BCUT2D eigenvalue weighted by atomic mass is 32.1. The summed E-state index contributed by atoms with van der Waals surface area (Å²) in [6, 6.07) is 8.74. The molecule has 0 radical (unpaired) electrons. The van der Waals surface area contributed by atoms with Crippen molar-refractivity contribution in [2.75, 3.05) is 18.5 Å². The number of likely N-dealkylation sites (N-methyl/N-ethyl adjacent to an activating group) is 1. The van der Waals surface area contributed by atoms with Crippen LogP contribution in [0.2, 0.25) is 0 Å². The van der Waals surface area contributed by atoms with Crippen LogP contribution in [0.25, 0.3) is 0 Å². The Morgan fingerprint density at radius 2 is 2.00 bits per heavy atom. The third-order valence-corrected chi connectivity index (χ3v) is 3.36. The molecule has 5 heteroatoms. The van der Waals surface area contributed by atoms with Crippen molar-refractivity contribution in [1.82, 2.24) is 4.98 Å². The van der Waals surface area contributed by atoms with Crippen LogP contribution in [-0.2, 0) is 6.42 Å². The number of aromatic nitrogens is 1. The molecule has 0 aliphatic rings. The summed E-state index contributed by atoms with van der Waals surface area (Å²) in [7, 11) is 1.86. The van der Waals surface area contributed by atoms with E-state index in [0.717, 1.165) is 6.42 Å². The van der Waals surface area contributed by atoms with Gasteiger partial charge >= 0.3 is 0 Å². The molecule has 0 fully saturated rings. The van der Waals surface area contributed by atoms with Crippen LogP contribution in [0, 0.1) is 5.82 Å². The molecule has 2 rings (SSSR count). The minimum atomic E-state index is -0.312. The minimum absolute atomic E-state index is 0.204. The zero-order valence-corrected chi connectivity index (χ0v) is 12.0. The molecule has 20 heavy (non-hydrogen) atoms. The fourth-order valence-corrected chi connectivity index (χ4v) is 2.06. The maximum Gasteiger partial charge on any atom is 0.147 e. The number of thiocarbonyl (C=S) groups is 1. The van der Waals surface area contributed by atoms with Crippen molar-refractivity contribution in [3.8, 4) is 0 Å². The highest BCUT2D eigenvalue weighted by molar-refractivity contribution is 7.80. The van der Waals surface area contributed by atoms with E-state index in [1.165, 1.54) is 11.6 Å². The molecular formula is C15H16FN3S. The lowest BCUT2D eigenvalue weighted by molar-refractivity contribution is 0.622. The van der Waals surface area contributed by atoms with Crippen LogP contribution in [0.1, 0.15) is 11.1 Å². The molecule has 2 aromatic rings. The minimum Gasteiger partial charge on any atom is -0.389 e. The summed E-state index contributed by atoms with van der Waals surface area (Å²) < 4.78 is 14.0. The Hall–Kier alpha value is -2.01. The Kier molecular flexibility index (Phi) is 4.63. The second-order valence-corrected chi connectivity index (χ2v) is 5.00. The van der Waals surface area contributed by atoms with Gasteiger partial charge in [0.25, 0.3) is 0 Å². The second-order valence-electron chi connectivity index (χ2n) is 4.56. The van der Waals surface area contributed by atoms with Crippen LogP contribution in [0.15, 0.2) is 42.7 Å². The first kappa shape index (κ1) is 14.4. The summed E-state index contributed by atoms with van der Waals surface area (Å²) in [6.07, 6.45) is 4.34. The molecule has 0 saturated carbocycles. The molecule has 1 aromatic carbocycles. The summed E-state index contributed by atoms with van der Waals surface area (Å²) in [6.45, 7) is 0.716. The van der Waals surface area contributed by atoms with E-state index in [1.807, 2.05) is 24.1 Å². The van der Waals surface area contributed by atoms with Crippen LogP contribution in [0.5, 0.6) is 0 Å². The van der Waals surface area contributed by atoms with Gasteiger partial charge in [0.05, 0.1) is 5.69 Å². The van der Waals surface area contributed by atoms with Crippen molar-refractivity contribution in [1.29, 1.82) is 0 Å². The maximum atomic E-state index is 14.0. The van der Waals surface area contributed by atoms with Gasteiger partial charge in [0, 0.05) is 31.5 Å². The molecule has 0 aliphatic heterocycles. The quantitative estimate of drug-likeness (QED) is 0.859. The number of pyridine rings is 1. The number of benzene rings is 1. The van der Waals surface area contributed by atoms with Crippen LogP contribution in [-0.4, -0.2) is 23.6 Å². The van der Waals surface area contributed by atoms with Crippen molar-refractivity contribution in [2.24, 2.45) is 5.73 Å². The van der Waals surface area contributed by atoms with Crippen molar-refractivity contribution < 1.29 is 4.39 Å². The normalized spacial score (nSPS) is 10.3. The molecule has 3 nitrogen and oxygen atoms in total. The van der Waals surface area contributed by atoms with Gasteiger partial charge in [-0.1, -0.05) is 12.2 Å². The molecule has 0 saturated heterocycles. The lowest BCUT2D eigenvalue weighted by Gasteiger charge is -2.20. The van der Waals surface area contributed by atoms with Crippen molar-refractivity contribution in [3.05, 3.63) is 59.7 Å². The number of halogens is 1. The van der Waals surface area contributed by atoms with E-state index >= 15 is 0 Å². The lowest BCUT2D eigenvalue weighted by Crippen LogP contribution is -2.22. The van der Waals surface area contributed by atoms with Gasteiger partial charge in [-0.15, -0.1) is 0 Å². The van der Waals surface area contributed by atoms with E-state index in [1.54, 1.807) is 24.5 Å². The average Bonchev–Trinajstić information content (AvgIpc) is 2.45. The number of anilines is 1. The smallest absolute Gasteiger partial charge is 0.147 e. The SMILES string of the molecule is CN(CCc1ccncc1)c1ccc(C(N)=S)cc1F. The Labute approximate surface area is 123 Å². The van der Waals surface area contributed by atoms with Crippen LogP contribution >= 0.6 is 12.2 Å². The highest BCUT2D eigenvalue weighted by Crippen LogP contribution is 2.19. The number of nitrogens with two attached hydrogens (primary N) is 1. The molecule has 2 N–H and O–H groups in total. The molecule has 0 atom stereocenters. The highest BCUT2D eigenvalue weighted by Gasteiger charge is 2.09. The summed E-state index contributed by atoms with van der Waals surface area (Å²) in [5.74, 6) is -0.312. The van der Waals surface area contributed by atoms with E-state index in [9.17, 15) is 4.39 Å². The summed E-state index contributed by atoms with van der Waals surface area (Å²) in [4.78, 5) is 6.05. The van der Waals surface area contributed by atoms with E-state index in [-0.39, 0.29) is 10.8 Å². The topological polar surface area (TPSA) is 42.2 Å². The van der Waals surface area contributed by atoms with Crippen LogP contribution in [0.3, 0.4) is 0 Å². The summed E-state index contributed by atoms with van der Waals surface area (Å²) in [5.41, 5.74) is 7.75. The number of hydrogen-bond acceptors (Lipinski definition) is 3. The van der Waals surface area contributed by atoms with Gasteiger partial charge in [0.15, 0.2) is 0 Å². The van der Waals surface area contributed by atoms with E-state index in [4.69, 9.17) is 18.0 Å². The number of nitrogens with zero attached hydrogens (tertiary/aromatic N) is 2. The van der Waals surface area contributed by atoms with Gasteiger partial charge in [-0.2, -0.15) is 0 Å². The molecule has 104 valence electrons. The second kappa shape index (κ2) is 6.43. The fraction of sp³-hybridized carbons (Fsp3) is 0.200. The number of hydrogen-bond donors (Lipinski definition) is 1. The Balaban J connectivity index is 2.06. The molecule has 0 unspecified atom stereocenters. The molecule has 1 heterocycles. The molecule has 0 spiro atoms. The predicted octanol–water partition coefficient (Wildman–Crippen LogP) is 2.53. The van der Waals surface area contributed by atoms with Crippen molar-refractivity contribution in [3.63, 3.8) is 0 Å². The molecule has 0 amide bonds. The third-order valence-electron chi connectivity index (χ3n) is 3.13. The third kappa shape index (κ3) is 3.51. The zero-order chi connectivity index (χ0) is 14.5. The van der Waals surface area contributed by atoms with Gasteiger partial charge < -0.3 is 10.6 Å². The van der Waals surface area contributed by atoms with E-state index < -0.39 is 0 Å². The largest absolute Gasteiger partial charge is 0.389 e. The van der Waals surface area contributed by atoms with Crippen molar-refractivity contribution in [2.45, 2.75) is 6.42 Å². The molecule has 0 aliphatic carbocycles. The van der Waals surface area contributed by atoms with E-state index in [0.29, 0.717) is 17.8 Å². The van der Waals surface area contributed by atoms with Crippen LogP contribution in [0.4, 0.5) is 10.1 Å². The van der Waals surface area contributed by atoms with Gasteiger partial charge in [-0.05, 0) is 42.3 Å². The first-order valence-corrected chi connectivity index (χ1v) is 6.68. The monoisotopic (exact) mass is 289 g/mol. The van der Waals surface area contributed by atoms with Crippen LogP contribution < -0.4 is 10.6 Å². The Morgan fingerprint density at radius 3 is 2.60 bits per heavy atom. The maximum absolute atomic E-state index is 14.0. The first-order chi connectivity index (χ1) is 9.58. The van der Waals surface area contributed by atoms with Crippen molar-refractivity contribution >= 4 is 22.9 Å². The lowest BCUT2D eigenvalue weighted by atomic mass is 10.1. The fourth-order valence-electron chi connectivity index (χ4n) is 1.94. The zero-order valence-electron chi connectivity index (χ0n) is 11.2. The van der Waals surface area contributed by atoms with E-state index in [2.05, 4.69) is 4.98 Å². The summed E-state index contributed by atoms with van der Waals surface area (Å²) in [5, 5.41) is 0. The summed E-state index contributed by atoms with van der Waals surface area (Å²) >= 11 is 4.84. The molecule has 1 aromatic heterocycles. The predicted molar refractivity (Wildman–Crippen MR) is 83.5 cm³/mol.